The van der Waals surface area contributed by atoms with Crippen LogP contribution in [-0.2, 0) is 6.61 Å². The molecule has 3 aromatic carbocycles. The van der Waals surface area contributed by atoms with Crippen molar-refractivity contribution in [3.8, 4) is 16.9 Å². The summed E-state index contributed by atoms with van der Waals surface area (Å²) in [6, 6.07) is 18.7. The molecule has 0 atom stereocenters. The van der Waals surface area contributed by atoms with Crippen molar-refractivity contribution in [3.63, 3.8) is 0 Å². The van der Waals surface area contributed by atoms with Crippen LogP contribution < -0.4 is 10.1 Å². The van der Waals surface area contributed by atoms with Crippen LogP contribution in [-0.4, -0.2) is 7.05 Å². The van der Waals surface area contributed by atoms with Crippen molar-refractivity contribution in [2.45, 2.75) is 20.5 Å². The monoisotopic (exact) mass is 335 g/mol. The molecular weight excluding hydrogens is 313 g/mol. The molecule has 2 nitrogen and oxygen atoms in total. The van der Waals surface area contributed by atoms with Gasteiger partial charge in [-0.3, -0.25) is 0 Å². The van der Waals surface area contributed by atoms with E-state index in [2.05, 4.69) is 18.3 Å². The summed E-state index contributed by atoms with van der Waals surface area (Å²) >= 11 is 0. The molecular formula is C22H22FNO. The van der Waals surface area contributed by atoms with Crippen LogP contribution >= 0.6 is 0 Å². The van der Waals surface area contributed by atoms with E-state index in [1.807, 2.05) is 44.3 Å². The summed E-state index contributed by atoms with van der Waals surface area (Å²) in [5.41, 5.74) is 6.58. The first-order chi connectivity index (χ1) is 12.1. The third-order valence-corrected chi connectivity index (χ3v) is 4.43. The minimum Gasteiger partial charge on any atom is -0.489 e. The molecule has 0 saturated carbocycles. The maximum Gasteiger partial charge on any atom is 0.123 e. The molecule has 0 fully saturated rings. The van der Waals surface area contributed by atoms with Gasteiger partial charge in [-0.15, -0.1) is 0 Å². The zero-order valence-electron chi connectivity index (χ0n) is 14.8. The molecule has 0 aromatic heterocycles. The van der Waals surface area contributed by atoms with Crippen LogP contribution in [0.15, 0.2) is 60.7 Å². The first kappa shape index (κ1) is 17.0. The fourth-order valence-corrected chi connectivity index (χ4v) is 2.91. The Balaban J connectivity index is 1.85. The molecule has 3 heteroatoms. The molecule has 3 aromatic rings. The highest BCUT2D eigenvalue weighted by molar-refractivity contribution is 5.68. The van der Waals surface area contributed by atoms with Gasteiger partial charge in [-0.2, -0.15) is 0 Å². The smallest absolute Gasteiger partial charge is 0.123 e. The minimum atomic E-state index is -0.229. The van der Waals surface area contributed by atoms with Gasteiger partial charge in [-0.05, 0) is 66.4 Å². The Kier molecular flexibility index (Phi) is 5.03. The van der Waals surface area contributed by atoms with Gasteiger partial charge in [0.2, 0.25) is 0 Å². The largest absolute Gasteiger partial charge is 0.489 e. The number of anilines is 1. The summed E-state index contributed by atoms with van der Waals surface area (Å²) in [5.74, 6) is 0.572. The number of halogens is 1. The molecule has 0 spiro atoms. The maximum atomic E-state index is 13.2. The Bertz CT molecular complexity index is 872. The molecule has 0 saturated heterocycles. The zero-order chi connectivity index (χ0) is 17.8. The highest BCUT2D eigenvalue weighted by Gasteiger charge is 2.08. The third-order valence-electron chi connectivity index (χ3n) is 4.43. The second-order valence-corrected chi connectivity index (χ2v) is 6.12. The quantitative estimate of drug-likeness (QED) is 0.643. The molecule has 3 rings (SSSR count). The average molecular weight is 335 g/mol. The van der Waals surface area contributed by atoms with Gasteiger partial charge in [0.1, 0.15) is 18.2 Å². The van der Waals surface area contributed by atoms with E-state index in [9.17, 15) is 4.39 Å². The highest BCUT2D eigenvalue weighted by Crippen LogP contribution is 2.29. The first-order valence-electron chi connectivity index (χ1n) is 8.34. The van der Waals surface area contributed by atoms with Crippen LogP contribution in [0.1, 0.15) is 16.7 Å². The van der Waals surface area contributed by atoms with Gasteiger partial charge in [0, 0.05) is 18.3 Å². The lowest BCUT2D eigenvalue weighted by Gasteiger charge is -2.15. The van der Waals surface area contributed by atoms with E-state index in [1.54, 1.807) is 12.1 Å². The van der Waals surface area contributed by atoms with E-state index >= 15 is 0 Å². The van der Waals surface area contributed by atoms with E-state index in [0.717, 1.165) is 33.7 Å². The van der Waals surface area contributed by atoms with Crippen molar-refractivity contribution in [3.05, 3.63) is 83.2 Å². The maximum absolute atomic E-state index is 13.2. The third kappa shape index (κ3) is 3.82. The highest BCUT2D eigenvalue weighted by atomic mass is 19.1. The standard InChI is InChI=1S/C22H22FNO/c1-15-5-4-6-22(24-3)21(15)14-25-19-12-7-16(2)20(13-19)17-8-10-18(23)11-9-17/h4-13,24H,14H2,1-3H3. The van der Waals surface area contributed by atoms with Crippen molar-refractivity contribution in [1.82, 2.24) is 0 Å². The predicted octanol–water partition coefficient (Wildman–Crippen LogP) is 5.73. The molecule has 0 aliphatic carbocycles. The SMILES string of the molecule is CNc1cccc(C)c1COc1ccc(C)c(-c2ccc(F)cc2)c1. The molecule has 0 unspecified atom stereocenters. The Hall–Kier alpha value is -2.81. The molecule has 0 heterocycles. The van der Waals surface area contributed by atoms with Gasteiger partial charge >= 0.3 is 0 Å². The molecule has 0 bridgehead atoms. The van der Waals surface area contributed by atoms with E-state index in [1.165, 1.54) is 17.7 Å². The number of benzene rings is 3. The van der Waals surface area contributed by atoms with Crippen LogP contribution in [0, 0.1) is 19.7 Å². The summed E-state index contributed by atoms with van der Waals surface area (Å²) in [5, 5.41) is 3.21. The number of nitrogens with one attached hydrogen (secondary N) is 1. The van der Waals surface area contributed by atoms with Crippen LogP contribution in [0.5, 0.6) is 5.75 Å². The molecule has 0 aliphatic rings. The van der Waals surface area contributed by atoms with E-state index in [4.69, 9.17) is 4.74 Å². The topological polar surface area (TPSA) is 21.3 Å². The molecule has 1 N–H and O–H groups in total. The van der Waals surface area contributed by atoms with Gasteiger partial charge in [-0.25, -0.2) is 4.39 Å². The number of rotatable bonds is 5. The van der Waals surface area contributed by atoms with Crippen molar-refractivity contribution in [2.24, 2.45) is 0 Å². The van der Waals surface area contributed by atoms with Gasteiger partial charge in [0.05, 0.1) is 0 Å². The fraction of sp³-hybridized carbons (Fsp3) is 0.182. The van der Waals surface area contributed by atoms with E-state index < -0.39 is 0 Å². The molecule has 0 aliphatic heterocycles. The second kappa shape index (κ2) is 7.39. The Morgan fingerprint density at radius 1 is 0.920 bits per heavy atom. The Morgan fingerprint density at radius 3 is 2.40 bits per heavy atom. The van der Waals surface area contributed by atoms with Crippen LogP contribution in [0.4, 0.5) is 10.1 Å². The normalized spacial score (nSPS) is 10.6. The van der Waals surface area contributed by atoms with Crippen molar-refractivity contribution >= 4 is 5.69 Å². The van der Waals surface area contributed by atoms with Gasteiger partial charge in [-0.1, -0.05) is 30.3 Å². The van der Waals surface area contributed by atoms with Crippen molar-refractivity contribution in [2.75, 3.05) is 12.4 Å². The first-order valence-corrected chi connectivity index (χ1v) is 8.34. The average Bonchev–Trinajstić information content (AvgIpc) is 2.62. The molecule has 0 radical (unpaired) electrons. The van der Waals surface area contributed by atoms with Crippen LogP contribution in [0.3, 0.4) is 0 Å². The lowest BCUT2D eigenvalue weighted by atomic mass is 10.0. The summed E-state index contributed by atoms with van der Waals surface area (Å²) < 4.78 is 19.2. The number of hydrogen-bond acceptors (Lipinski definition) is 2. The number of hydrogen-bond donors (Lipinski definition) is 1. The van der Waals surface area contributed by atoms with Gasteiger partial charge < -0.3 is 10.1 Å². The lowest BCUT2D eigenvalue weighted by molar-refractivity contribution is 0.306. The summed E-state index contributed by atoms with van der Waals surface area (Å²) in [6.45, 7) is 4.62. The Morgan fingerprint density at radius 2 is 1.68 bits per heavy atom. The predicted molar refractivity (Wildman–Crippen MR) is 102 cm³/mol. The second-order valence-electron chi connectivity index (χ2n) is 6.12. The molecule has 25 heavy (non-hydrogen) atoms. The molecule has 0 amide bonds. The van der Waals surface area contributed by atoms with E-state index in [0.29, 0.717) is 6.61 Å². The number of ether oxygens (including phenoxy) is 1. The summed E-state index contributed by atoms with van der Waals surface area (Å²) in [6.07, 6.45) is 0. The summed E-state index contributed by atoms with van der Waals surface area (Å²) in [4.78, 5) is 0. The van der Waals surface area contributed by atoms with E-state index in [-0.39, 0.29) is 5.82 Å². The zero-order valence-corrected chi connectivity index (χ0v) is 14.8. The van der Waals surface area contributed by atoms with Crippen molar-refractivity contribution < 1.29 is 9.13 Å². The van der Waals surface area contributed by atoms with Gasteiger partial charge in [0.15, 0.2) is 0 Å². The number of aryl methyl sites for hydroxylation is 2. The Labute approximate surface area is 148 Å². The van der Waals surface area contributed by atoms with Gasteiger partial charge in [0.25, 0.3) is 0 Å². The van der Waals surface area contributed by atoms with Crippen molar-refractivity contribution in [1.29, 1.82) is 0 Å². The lowest BCUT2D eigenvalue weighted by Crippen LogP contribution is -2.03. The molecule has 128 valence electrons. The fourth-order valence-electron chi connectivity index (χ4n) is 2.91. The van der Waals surface area contributed by atoms with Crippen LogP contribution in [0.2, 0.25) is 0 Å². The van der Waals surface area contributed by atoms with Crippen LogP contribution in [0.25, 0.3) is 11.1 Å². The summed E-state index contributed by atoms with van der Waals surface area (Å²) in [7, 11) is 1.91. The minimum absolute atomic E-state index is 0.229.